The lowest BCUT2D eigenvalue weighted by Crippen LogP contribution is -2.29. The number of methoxy groups -OCH3 is 1. The lowest BCUT2D eigenvalue weighted by Gasteiger charge is -2.18. The number of ether oxygens (including phenoxy) is 1. The Morgan fingerprint density at radius 2 is 1.86 bits per heavy atom. The highest BCUT2D eigenvalue weighted by Crippen LogP contribution is 2.40. The number of hydrogen-bond donors (Lipinski definition) is 1. The molecule has 0 unspecified atom stereocenters. The largest absolute Gasteiger partial charge is 0.456 e. The zero-order valence-corrected chi connectivity index (χ0v) is 23.4. The van der Waals surface area contributed by atoms with Gasteiger partial charge in [0, 0.05) is 60.2 Å². The van der Waals surface area contributed by atoms with Gasteiger partial charge in [0.1, 0.15) is 30.7 Å². The molecule has 2 aliphatic rings. The summed E-state index contributed by atoms with van der Waals surface area (Å²) in [5.74, 6) is 0.789. The molecule has 1 N–H and O–H groups in total. The van der Waals surface area contributed by atoms with Gasteiger partial charge in [0.15, 0.2) is 0 Å². The molecule has 1 heterocycles. The van der Waals surface area contributed by atoms with Crippen molar-refractivity contribution in [2.24, 2.45) is 0 Å². The summed E-state index contributed by atoms with van der Waals surface area (Å²) >= 11 is 0. The molecule has 1 aromatic carbocycles. The van der Waals surface area contributed by atoms with Gasteiger partial charge < -0.3 is 14.5 Å². The third-order valence-corrected chi connectivity index (χ3v) is 6.22. The number of hydrogen-bond acceptors (Lipinski definition) is 4. The number of unbranched alkanes of at least 4 members (excludes halogenated alkanes) is 1. The first kappa shape index (κ1) is 29.8. The predicted octanol–water partition coefficient (Wildman–Crippen LogP) is 6.93. The van der Waals surface area contributed by atoms with Gasteiger partial charge in [0.25, 0.3) is 0 Å². The lowest BCUT2D eigenvalue weighted by atomic mass is 9.89. The van der Waals surface area contributed by atoms with Crippen LogP contribution < -0.4 is 15.2 Å². The highest BCUT2D eigenvalue weighted by Gasteiger charge is 2.21. The van der Waals surface area contributed by atoms with Crippen molar-refractivity contribution < 1.29 is 13.9 Å². The van der Waals surface area contributed by atoms with Crippen molar-refractivity contribution in [3.8, 4) is 11.3 Å². The Kier molecular flexibility index (Phi) is 12.6. The van der Waals surface area contributed by atoms with E-state index >= 15 is 0 Å². The third kappa shape index (κ3) is 7.53. The van der Waals surface area contributed by atoms with E-state index in [2.05, 4.69) is 68.4 Å². The van der Waals surface area contributed by atoms with Crippen LogP contribution in [0.25, 0.3) is 27.9 Å². The molecule has 0 saturated carbocycles. The minimum Gasteiger partial charge on any atom is -0.456 e. The molecule has 0 bridgehead atoms. The second-order valence-corrected chi connectivity index (χ2v) is 8.60. The smallest absolute Gasteiger partial charge is 0.203 e. The molecule has 0 saturated heterocycles. The number of allylic oxidation sites excluding steroid dienone is 5. The lowest BCUT2D eigenvalue weighted by molar-refractivity contribution is -0.104. The van der Waals surface area contributed by atoms with Crippen molar-refractivity contribution in [2.45, 2.75) is 47.5 Å². The maximum Gasteiger partial charge on any atom is 0.203 e. The Balaban J connectivity index is 0.000000717. The van der Waals surface area contributed by atoms with Crippen LogP contribution in [-0.4, -0.2) is 39.6 Å². The molecule has 37 heavy (non-hydrogen) atoms. The Morgan fingerprint density at radius 3 is 2.41 bits per heavy atom. The first-order valence-corrected chi connectivity index (χ1v) is 13.3. The summed E-state index contributed by atoms with van der Waals surface area (Å²) in [5, 5.41) is 5.42. The van der Waals surface area contributed by atoms with E-state index in [1.54, 1.807) is 13.2 Å². The van der Waals surface area contributed by atoms with Crippen LogP contribution in [0.15, 0.2) is 71.2 Å². The number of rotatable bonds is 11. The molecule has 1 aromatic rings. The first-order chi connectivity index (χ1) is 18.0. The molecule has 0 aromatic heterocycles. The van der Waals surface area contributed by atoms with Crippen LogP contribution >= 0.6 is 0 Å². The zero-order chi connectivity index (χ0) is 27.2. The van der Waals surface area contributed by atoms with Crippen molar-refractivity contribution in [2.75, 3.05) is 38.7 Å². The molecule has 5 nitrogen and oxygen atoms in total. The highest BCUT2D eigenvalue weighted by atomic mass is 16.5. The molecule has 0 atom stereocenters. The number of benzene rings is 2. The quantitative estimate of drug-likeness (QED) is 0.0770. The van der Waals surface area contributed by atoms with Gasteiger partial charge in [-0.2, -0.15) is 0 Å². The zero-order valence-electron chi connectivity index (χ0n) is 23.4. The fourth-order valence-corrected chi connectivity index (χ4v) is 4.29. The van der Waals surface area contributed by atoms with Crippen molar-refractivity contribution in [3.63, 3.8) is 0 Å². The van der Waals surface area contributed by atoms with Crippen LogP contribution in [0.2, 0.25) is 0 Å². The van der Waals surface area contributed by atoms with E-state index in [-0.39, 0.29) is 0 Å². The Labute approximate surface area is 222 Å². The van der Waals surface area contributed by atoms with Crippen LogP contribution in [0.1, 0.15) is 53.0 Å². The van der Waals surface area contributed by atoms with E-state index in [0.29, 0.717) is 5.57 Å². The summed E-state index contributed by atoms with van der Waals surface area (Å²) in [5.41, 5.74) is 5.18. The Morgan fingerprint density at radius 1 is 1.11 bits per heavy atom. The second-order valence-electron chi connectivity index (χ2n) is 8.60. The third-order valence-electron chi connectivity index (χ3n) is 6.22. The SMILES string of the molecule is C=C/C=C(\C(C=O)=C/C)c1c2ccc(=[N+](CC)CC)cc-2oc2cc(NCC)ccc12.CCCCOC. The van der Waals surface area contributed by atoms with Gasteiger partial charge in [-0.1, -0.05) is 38.2 Å². The minimum atomic E-state index is 0.622. The predicted molar refractivity (Wildman–Crippen MR) is 158 cm³/mol. The van der Waals surface area contributed by atoms with E-state index < -0.39 is 0 Å². The molecular weight excluding hydrogens is 460 g/mol. The number of aldehydes is 1. The van der Waals surface area contributed by atoms with Gasteiger partial charge in [0.2, 0.25) is 5.36 Å². The van der Waals surface area contributed by atoms with Crippen molar-refractivity contribution >= 4 is 28.5 Å². The van der Waals surface area contributed by atoms with E-state index in [4.69, 9.17) is 9.15 Å². The van der Waals surface area contributed by atoms with Crippen molar-refractivity contribution in [1.82, 2.24) is 4.58 Å². The van der Waals surface area contributed by atoms with Gasteiger partial charge in [-0.25, -0.2) is 4.58 Å². The average Bonchev–Trinajstić information content (AvgIpc) is 2.92. The molecule has 0 spiro atoms. The van der Waals surface area contributed by atoms with E-state index in [0.717, 1.165) is 77.0 Å². The number of carbonyl (C=O) groups is 1. The van der Waals surface area contributed by atoms with E-state index in [1.807, 2.05) is 31.2 Å². The monoisotopic (exact) mass is 503 g/mol. The van der Waals surface area contributed by atoms with Crippen molar-refractivity contribution in [1.29, 1.82) is 0 Å². The summed E-state index contributed by atoms with van der Waals surface area (Å²) in [4.78, 5) is 11.9. The van der Waals surface area contributed by atoms with Gasteiger partial charge in [-0.05, 0) is 57.9 Å². The Bertz CT molecular complexity index is 1270. The number of nitrogens with zero attached hydrogens (tertiary/aromatic N) is 1. The summed E-state index contributed by atoms with van der Waals surface area (Å²) in [6.07, 6.45) is 8.77. The van der Waals surface area contributed by atoms with Crippen LogP contribution in [0.4, 0.5) is 5.69 Å². The second kappa shape index (κ2) is 15.6. The van der Waals surface area contributed by atoms with Crippen LogP contribution in [0.5, 0.6) is 0 Å². The molecule has 0 fully saturated rings. The summed E-state index contributed by atoms with van der Waals surface area (Å²) in [6.45, 7) is 17.8. The highest BCUT2D eigenvalue weighted by molar-refractivity contribution is 6.09. The fraction of sp³-hybridized carbons (Fsp3) is 0.375. The van der Waals surface area contributed by atoms with Crippen LogP contribution in [0.3, 0.4) is 0 Å². The first-order valence-electron chi connectivity index (χ1n) is 13.3. The number of fused-ring (bicyclic) bond motifs is 2. The minimum absolute atomic E-state index is 0.622. The molecule has 0 amide bonds. The van der Waals surface area contributed by atoms with Crippen molar-refractivity contribution in [3.05, 3.63) is 77.7 Å². The van der Waals surface area contributed by atoms with Gasteiger partial charge in [-0.3, -0.25) is 4.79 Å². The standard InChI is InChI=1S/C27H30N2O2.C5H12O/c1-6-11-22(19(7-2)18-30)27-23-14-12-20(28-8-3)16-25(23)31-26-17-21(13-15-24(26)27)29(9-4)10-5;1-3-4-5-6-2/h6-7,11-18H,1,8-10H2,2-5H3;3-5H2,1-2H3/p+1/b19-7-,22-11+;. The normalized spacial score (nSPS) is 11.7. The number of nitrogens with one attached hydrogen (secondary N) is 1. The molecular formula is C32H43N2O3+. The van der Waals surface area contributed by atoms with E-state index in [9.17, 15) is 4.79 Å². The molecule has 1 aliphatic heterocycles. The molecule has 5 heteroatoms. The van der Waals surface area contributed by atoms with Gasteiger partial charge in [-0.15, -0.1) is 0 Å². The number of carbonyl (C=O) groups excluding carboxylic acids is 1. The Hall–Kier alpha value is -3.44. The van der Waals surface area contributed by atoms with Gasteiger partial charge in [0.05, 0.1) is 6.07 Å². The molecule has 3 rings (SSSR count). The average molecular weight is 504 g/mol. The molecule has 0 radical (unpaired) electrons. The maximum atomic E-state index is 11.9. The van der Waals surface area contributed by atoms with Crippen LogP contribution in [-0.2, 0) is 9.53 Å². The maximum absolute atomic E-state index is 11.9. The molecule has 1 aliphatic carbocycles. The number of anilines is 1. The molecule has 198 valence electrons. The summed E-state index contributed by atoms with van der Waals surface area (Å²) in [6, 6.07) is 12.4. The van der Waals surface area contributed by atoms with E-state index in [1.165, 1.54) is 12.8 Å². The van der Waals surface area contributed by atoms with Crippen LogP contribution in [0, 0.1) is 0 Å². The van der Waals surface area contributed by atoms with Gasteiger partial charge >= 0.3 is 0 Å². The summed E-state index contributed by atoms with van der Waals surface area (Å²) < 4.78 is 13.5. The topological polar surface area (TPSA) is 54.5 Å². The fourth-order valence-electron chi connectivity index (χ4n) is 4.29. The summed E-state index contributed by atoms with van der Waals surface area (Å²) in [7, 11) is 1.73.